The summed E-state index contributed by atoms with van der Waals surface area (Å²) < 4.78 is 28.2. The van der Waals surface area contributed by atoms with Crippen LogP contribution in [0.25, 0.3) is 0 Å². The quantitative estimate of drug-likeness (QED) is 0.639. The first-order chi connectivity index (χ1) is 11.2. The number of carboxylic acid groups (broad SMARTS) is 1. The second kappa shape index (κ2) is 9.48. The molecule has 7 nitrogen and oxygen atoms in total. The number of carboxylic acids is 1. The van der Waals surface area contributed by atoms with Crippen LogP contribution >= 0.6 is 11.6 Å². The fourth-order valence-corrected chi connectivity index (χ4v) is 2.77. The number of nitrogens with one attached hydrogen (secondary N) is 1. The van der Waals surface area contributed by atoms with Gasteiger partial charge in [0.2, 0.25) is 5.91 Å². The molecule has 1 aromatic rings. The SMILES string of the molecule is CCS(=O)(=O)CCC(NC(=O)CCOc1ccc(Cl)cc1)C(=O)O. The number of carbonyl (C=O) groups is 2. The molecule has 0 aromatic heterocycles. The summed E-state index contributed by atoms with van der Waals surface area (Å²) in [6.07, 6.45) is -0.220. The molecule has 134 valence electrons. The lowest BCUT2D eigenvalue weighted by atomic mass is 10.2. The summed E-state index contributed by atoms with van der Waals surface area (Å²) in [4.78, 5) is 22.9. The summed E-state index contributed by atoms with van der Waals surface area (Å²) in [6.45, 7) is 1.55. The Morgan fingerprint density at radius 3 is 2.46 bits per heavy atom. The molecule has 0 aliphatic heterocycles. The van der Waals surface area contributed by atoms with Crippen molar-refractivity contribution in [1.29, 1.82) is 0 Å². The molecule has 0 aliphatic rings. The van der Waals surface area contributed by atoms with Gasteiger partial charge in [-0.1, -0.05) is 18.5 Å². The Kier molecular flexibility index (Phi) is 8.00. The molecule has 24 heavy (non-hydrogen) atoms. The van der Waals surface area contributed by atoms with Crippen LogP contribution in [0.1, 0.15) is 19.8 Å². The van der Waals surface area contributed by atoms with E-state index < -0.39 is 27.8 Å². The molecule has 1 atom stereocenters. The highest BCUT2D eigenvalue weighted by molar-refractivity contribution is 7.91. The Morgan fingerprint density at radius 1 is 1.29 bits per heavy atom. The van der Waals surface area contributed by atoms with Crippen LogP contribution < -0.4 is 10.1 Å². The molecule has 0 spiro atoms. The van der Waals surface area contributed by atoms with Crippen molar-refractivity contribution in [2.24, 2.45) is 0 Å². The number of halogens is 1. The average molecular weight is 378 g/mol. The Morgan fingerprint density at radius 2 is 1.92 bits per heavy atom. The zero-order chi connectivity index (χ0) is 18.2. The standard InChI is InChI=1S/C15H20ClNO6S/c1-2-24(21,22)10-8-13(15(19)20)17-14(18)7-9-23-12-5-3-11(16)4-6-12/h3-6,13H,2,7-10H2,1H3,(H,17,18)(H,19,20). The molecular formula is C15H20ClNO6S. The lowest BCUT2D eigenvalue weighted by Gasteiger charge is -2.14. The topological polar surface area (TPSA) is 110 Å². The van der Waals surface area contributed by atoms with Crippen LogP contribution in [0, 0.1) is 0 Å². The van der Waals surface area contributed by atoms with E-state index in [2.05, 4.69) is 5.32 Å². The molecule has 0 aliphatic carbocycles. The van der Waals surface area contributed by atoms with Gasteiger partial charge in [-0.15, -0.1) is 0 Å². The molecule has 1 unspecified atom stereocenters. The maximum atomic E-state index is 11.8. The van der Waals surface area contributed by atoms with Gasteiger partial charge >= 0.3 is 5.97 Å². The Balaban J connectivity index is 2.42. The minimum Gasteiger partial charge on any atom is -0.493 e. The monoisotopic (exact) mass is 377 g/mol. The van der Waals surface area contributed by atoms with Crippen molar-refractivity contribution in [3.63, 3.8) is 0 Å². The fraction of sp³-hybridized carbons (Fsp3) is 0.467. The first kappa shape index (κ1) is 20.2. The molecule has 1 aromatic carbocycles. The molecule has 0 heterocycles. The van der Waals surface area contributed by atoms with Gasteiger partial charge in [0, 0.05) is 10.8 Å². The number of hydrogen-bond acceptors (Lipinski definition) is 5. The van der Waals surface area contributed by atoms with Crippen LogP contribution in [0.5, 0.6) is 5.75 Å². The normalized spacial score (nSPS) is 12.4. The summed E-state index contributed by atoms with van der Waals surface area (Å²) in [6, 6.07) is 5.34. The minimum atomic E-state index is -3.29. The third kappa shape index (κ3) is 7.65. The van der Waals surface area contributed by atoms with Crippen LogP contribution in [0.2, 0.25) is 5.02 Å². The van der Waals surface area contributed by atoms with Gasteiger partial charge in [-0.05, 0) is 30.7 Å². The highest BCUT2D eigenvalue weighted by atomic mass is 35.5. The summed E-state index contributed by atoms with van der Waals surface area (Å²) in [7, 11) is -3.29. The molecule has 0 radical (unpaired) electrons. The number of rotatable bonds is 10. The lowest BCUT2D eigenvalue weighted by Crippen LogP contribution is -2.42. The van der Waals surface area contributed by atoms with E-state index in [9.17, 15) is 18.0 Å². The van der Waals surface area contributed by atoms with Gasteiger partial charge in [0.25, 0.3) is 0 Å². The second-order valence-electron chi connectivity index (χ2n) is 5.04. The van der Waals surface area contributed by atoms with Crippen molar-refractivity contribution in [2.45, 2.75) is 25.8 Å². The number of sulfone groups is 1. The van der Waals surface area contributed by atoms with Crippen molar-refractivity contribution in [3.05, 3.63) is 29.3 Å². The van der Waals surface area contributed by atoms with Crippen molar-refractivity contribution >= 4 is 33.3 Å². The van der Waals surface area contributed by atoms with E-state index in [-0.39, 0.29) is 31.0 Å². The third-order valence-corrected chi connectivity index (χ3v) is 5.19. The smallest absolute Gasteiger partial charge is 0.326 e. The van der Waals surface area contributed by atoms with Gasteiger partial charge in [0.05, 0.1) is 18.8 Å². The van der Waals surface area contributed by atoms with E-state index in [4.69, 9.17) is 21.4 Å². The summed E-state index contributed by atoms with van der Waals surface area (Å²) in [5, 5.41) is 11.9. The van der Waals surface area contributed by atoms with Gasteiger partial charge in [-0.25, -0.2) is 13.2 Å². The van der Waals surface area contributed by atoms with Crippen molar-refractivity contribution in [1.82, 2.24) is 5.32 Å². The molecule has 2 N–H and O–H groups in total. The van der Waals surface area contributed by atoms with Crippen molar-refractivity contribution in [3.8, 4) is 5.75 Å². The van der Waals surface area contributed by atoms with Crippen molar-refractivity contribution in [2.75, 3.05) is 18.1 Å². The van der Waals surface area contributed by atoms with Gasteiger partial charge in [0.15, 0.2) is 0 Å². The highest BCUT2D eigenvalue weighted by Crippen LogP contribution is 2.15. The lowest BCUT2D eigenvalue weighted by molar-refractivity contribution is -0.141. The van der Waals surface area contributed by atoms with Crippen LogP contribution in [0.15, 0.2) is 24.3 Å². The number of carbonyl (C=O) groups excluding carboxylic acids is 1. The fourth-order valence-electron chi connectivity index (χ4n) is 1.76. The van der Waals surface area contributed by atoms with Gasteiger partial charge in [-0.3, -0.25) is 4.79 Å². The van der Waals surface area contributed by atoms with E-state index in [1.54, 1.807) is 24.3 Å². The van der Waals surface area contributed by atoms with Crippen LogP contribution in [0.3, 0.4) is 0 Å². The molecule has 9 heteroatoms. The molecular weight excluding hydrogens is 358 g/mol. The van der Waals surface area contributed by atoms with Crippen molar-refractivity contribution < 1.29 is 27.9 Å². The third-order valence-electron chi connectivity index (χ3n) is 3.20. The molecule has 1 rings (SSSR count). The number of aliphatic carboxylic acids is 1. The van der Waals surface area contributed by atoms with E-state index in [0.717, 1.165) is 0 Å². The maximum Gasteiger partial charge on any atom is 0.326 e. The molecule has 0 bridgehead atoms. The van der Waals surface area contributed by atoms with Gasteiger partial charge in [0.1, 0.15) is 21.6 Å². The minimum absolute atomic E-state index is 0.0487. The second-order valence-corrected chi connectivity index (χ2v) is 7.94. The number of amides is 1. The predicted molar refractivity (Wildman–Crippen MR) is 90.1 cm³/mol. The molecule has 0 saturated heterocycles. The van der Waals surface area contributed by atoms with E-state index in [0.29, 0.717) is 10.8 Å². The largest absolute Gasteiger partial charge is 0.493 e. The predicted octanol–water partition coefficient (Wildman–Crippen LogP) is 1.50. The molecule has 1 amide bonds. The van der Waals surface area contributed by atoms with E-state index in [1.807, 2.05) is 0 Å². The molecule has 0 fully saturated rings. The number of ether oxygens (including phenoxy) is 1. The molecule has 0 saturated carbocycles. The van der Waals surface area contributed by atoms with Gasteiger partial charge < -0.3 is 15.2 Å². The van der Waals surface area contributed by atoms with Gasteiger partial charge in [-0.2, -0.15) is 0 Å². The first-order valence-corrected chi connectivity index (χ1v) is 9.54. The highest BCUT2D eigenvalue weighted by Gasteiger charge is 2.22. The average Bonchev–Trinajstić information content (AvgIpc) is 2.53. The number of benzene rings is 1. The van der Waals surface area contributed by atoms with E-state index in [1.165, 1.54) is 6.92 Å². The summed E-state index contributed by atoms with van der Waals surface area (Å²) in [5.41, 5.74) is 0. The van der Waals surface area contributed by atoms with Crippen LogP contribution in [0.4, 0.5) is 0 Å². The zero-order valence-electron chi connectivity index (χ0n) is 13.2. The maximum absolute atomic E-state index is 11.8. The first-order valence-electron chi connectivity index (χ1n) is 7.34. The van der Waals surface area contributed by atoms with Crippen LogP contribution in [-0.4, -0.2) is 49.6 Å². The Bertz CT molecular complexity index is 659. The Hall–Kier alpha value is -1.80. The summed E-state index contributed by atoms with van der Waals surface area (Å²) >= 11 is 5.74. The zero-order valence-corrected chi connectivity index (χ0v) is 14.8. The van der Waals surface area contributed by atoms with E-state index >= 15 is 0 Å². The van der Waals surface area contributed by atoms with Crippen LogP contribution in [-0.2, 0) is 19.4 Å². The Labute approximate surface area is 145 Å². The number of hydrogen-bond donors (Lipinski definition) is 2. The summed E-state index contributed by atoms with van der Waals surface area (Å²) in [5.74, 6) is -1.61.